The van der Waals surface area contributed by atoms with Crippen molar-refractivity contribution < 1.29 is 37.0 Å². The molecule has 458 valence electrons. The van der Waals surface area contributed by atoms with Crippen LogP contribution >= 0.6 is 0 Å². The topological polar surface area (TPSA) is 299 Å². The Morgan fingerprint density at radius 2 is 0.837 bits per heavy atom. The summed E-state index contributed by atoms with van der Waals surface area (Å²) < 4.78 is 51.7. The van der Waals surface area contributed by atoms with Crippen molar-refractivity contribution in [2.75, 3.05) is 29.2 Å². The standard InChI is InChI=1S/C22H17F3N6O2.C22H20N6O2.C21H15N7O/c1-14-9-18(15-3-2-8-26-10-15)30-31(14)17-5-6-19(27-12-17)29-21(32)16-4-7-20(28-11-16)33-13-22(23,24)25;1-3-30-21-9-6-17(13-25-21)22(29)26-20-8-7-18(14-24-20)28-15(2)11-19(27-28)16-5-4-10-23-12-16;1-14-9-19(15-3-2-8-23-11-15)27-28(14)18-6-7-20(25-13-18)26-21(29)16-4-5-17(10-22)24-12-16/h2-12H,13H2,1H3,(H,27,29,32);4-14H,3H2,1-2H3,(H,24,26,29);2-9,11-13H,1H3,(H,25,26,29). The monoisotopic (exact) mass is 1240 g/mol. The number of alkyl halides is 3. The van der Waals surface area contributed by atoms with Crippen molar-refractivity contribution in [3.05, 3.63) is 241 Å². The number of amides is 3. The SMILES string of the molecule is CCOc1ccc(C(=O)Nc2ccc(-n3nc(-c4cccnc4)cc3C)cn2)cn1.Cc1cc(-c2cccnc2)nn1-c1ccc(NC(=O)c2ccc(C#N)nc2)nc1.Cc1cc(-c2cccnc2)nn1-c1ccc(NC(=O)c2ccc(OCC(F)(F)F)nc2)nc1. The van der Waals surface area contributed by atoms with E-state index in [-0.39, 0.29) is 29.0 Å². The van der Waals surface area contributed by atoms with E-state index < -0.39 is 18.7 Å². The number of pyridine rings is 9. The van der Waals surface area contributed by atoms with Gasteiger partial charge >= 0.3 is 6.18 Å². The number of aromatic nitrogens is 15. The first-order valence-corrected chi connectivity index (χ1v) is 27.9. The number of hydrogen-bond donors (Lipinski definition) is 3. The van der Waals surface area contributed by atoms with E-state index >= 15 is 0 Å². The van der Waals surface area contributed by atoms with Crippen LogP contribution in [0.25, 0.3) is 50.8 Å². The number of aryl methyl sites for hydroxylation is 3. The van der Waals surface area contributed by atoms with Crippen molar-refractivity contribution in [1.29, 1.82) is 5.26 Å². The van der Waals surface area contributed by atoms with Crippen LogP contribution in [-0.4, -0.2) is 111 Å². The van der Waals surface area contributed by atoms with Gasteiger partial charge in [0.1, 0.15) is 29.2 Å². The van der Waals surface area contributed by atoms with Crippen molar-refractivity contribution in [3.63, 3.8) is 0 Å². The van der Waals surface area contributed by atoms with Crippen LogP contribution in [0.5, 0.6) is 11.8 Å². The molecule has 12 rings (SSSR count). The minimum atomic E-state index is -4.47. The molecule has 92 heavy (non-hydrogen) atoms. The average molecular weight is 1240 g/mol. The van der Waals surface area contributed by atoms with E-state index in [1.54, 1.807) is 112 Å². The molecule has 0 aliphatic carbocycles. The fourth-order valence-corrected chi connectivity index (χ4v) is 8.59. The smallest absolute Gasteiger partial charge is 0.422 e. The summed E-state index contributed by atoms with van der Waals surface area (Å²) in [6, 6.07) is 38.6. The third-order valence-electron chi connectivity index (χ3n) is 13.0. The lowest BCUT2D eigenvalue weighted by molar-refractivity contribution is -0.154. The molecule has 0 atom stereocenters. The van der Waals surface area contributed by atoms with Gasteiger partial charge in [0.05, 0.1) is 76.0 Å². The molecule has 27 heteroatoms. The number of hydrogen-bond acceptors (Lipinski definition) is 18. The molecule has 0 radical (unpaired) electrons. The molecule has 3 N–H and O–H groups in total. The molecule has 3 amide bonds. The molecular formula is C65H52F3N19O5. The summed E-state index contributed by atoms with van der Waals surface area (Å²) in [5.41, 5.74) is 11.4. The van der Waals surface area contributed by atoms with Gasteiger partial charge in [0.15, 0.2) is 6.61 Å². The van der Waals surface area contributed by atoms with Crippen LogP contribution in [0.3, 0.4) is 0 Å². The minimum absolute atomic E-state index is 0.143. The van der Waals surface area contributed by atoms with Crippen molar-refractivity contribution in [3.8, 4) is 68.7 Å². The molecule has 0 aromatic carbocycles. The molecule has 0 bridgehead atoms. The first-order chi connectivity index (χ1) is 44.6. The van der Waals surface area contributed by atoms with Crippen molar-refractivity contribution in [2.45, 2.75) is 33.9 Å². The van der Waals surface area contributed by atoms with Gasteiger partial charge in [0, 0.05) is 102 Å². The summed E-state index contributed by atoms with van der Waals surface area (Å²) in [7, 11) is 0. The van der Waals surface area contributed by atoms with Crippen molar-refractivity contribution in [2.24, 2.45) is 0 Å². The number of ether oxygens (including phenoxy) is 2. The zero-order valence-corrected chi connectivity index (χ0v) is 49.3. The zero-order chi connectivity index (χ0) is 64.6. The summed E-state index contributed by atoms with van der Waals surface area (Å²) in [5.74, 6) is 0.229. The Hall–Kier alpha value is -12.7. The summed E-state index contributed by atoms with van der Waals surface area (Å²) in [4.78, 5) is 74.0. The van der Waals surface area contributed by atoms with Gasteiger partial charge in [-0.1, -0.05) is 0 Å². The summed E-state index contributed by atoms with van der Waals surface area (Å²) in [6.07, 6.45) is 14.8. The Balaban J connectivity index is 0.000000152. The summed E-state index contributed by atoms with van der Waals surface area (Å²) in [6.45, 7) is 6.79. The first-order valence-electron chi connectivity index (χ1n) is 27.9. The fourth-order valence-electron chi connectivity index (χ4n) is 8.59. The van der Waals surface area contributed by atoms with Gasteiger partial charge in [-0.05, 0) is 143 Å². The highest BCUT2D eigenvalue weighted by atomic mass is 19.4. The second kappa shape index (κ2) is 28.9. The van der Waals surface area contributed by atoms with Gasteiger partial charge in [-0.15, -0.1) is 0 Å². The van der Waals surface area contributed by atoms with Crippen molar-refractivity contribution in [1.82, 2.24) is 74.2 Å². The van der Waals surface area contributed by atoms with Crippen LogP contribution in [0.15, 0.2) is 202 Å². The number of rotatable bonds is 16. The molecule has 0 aliphatic rings. The first kappa shape index (κ1) is 62.3. The van der Waals surface area contributed by atoms with Crippen LogP contribution in [0.2, 0.25) is 0 Å². The normalized spacial score (nSPS) is 10.8. The van der Waals surface area contributed by atoms with Gasteiger partial charge in [-0.25, -0.2) is 43.9 Å². The third kappa shape index (κ3) is 16.3. The highest BCUT2D eigenvalue weighted by Crippen LogP contribution is 2.25. The Bertz CT molecular complexity index is 4490. The van der Waals surface area contributed by atoms with Gasteiger partial charge in [0.25, 0.3) is 17.7 Å². The lowest BCUT2D eigenvalue weighted by atomic mass is 10.2. The van der Waals surface area contributed by atoms with Gasteiger partial charge in [-0.3, -0.25) is 29.3 Å². The highest BCUT2D eigenvalue weighted by Gasteiger charge is 2.29. The van der Waals surface area contributed by atoms with Gasteiger partial charge < -0.3 is 25.4 Å². The molecule has 24 nitrogen and oxygen atoms in total. The molecule has 0 aliphatic heterocycles. The molecule has 0 fully saturated rings. The van der Waals surface area contributed by atoms with E-state index in [0.717, 1.165) is 68.4 Å². The van der Waals surface area contributed by atoms with E-state index in [2.05, 4.69) is 80.8 Å². The molecule has 0 spiro atoms. The van der Waals surface area contributed by atoms with Gasteiger partial charge in [-0.2, -0.15) is 33.7 Å². The van der Waals surface area contributed by atoms with Gasteiger partial charge in [0.2, 0.25) is 11.8 Å². The average Bonchev–Trinajstić information content (AvgIpc) is 2.52. The number of carbonyl (C=O) groups excluding carboxylic acids is 3. The fraction of sp³-hybridized carbons (Fsp3) is 0.108. The van der Waals surface area contributed by atoms with E-state index in [0.29, 0.717) is 46.8 Å². The van der Waals surface area contributed by atoms with E-state index in [9.17, 15) is 27.6 Å². The van der Waals surface area contributed by atoms with Crippen LogP contribution < -0.4 is 25.4 Å². The van der Waals surface area contributed by atoms with E-state index in [4.69, 9.17) is 10.00 Å². The minimum Gasteiger partial charge on any atom is -0.478 e. The molecule has 12 aromatic rings. The largest absolute Gasteiger partial charge is 0.478 e. The third-order valence-corrected chi connectivity index (χ3v) is 13.0. The molecule has 0 unspecified atom stereocenters. The Kier molecular flexibility index (Phi) is 19.5. The van der Waals surface area contributed by atoms with Crippen LogP contribution in [0.1, 0.15) is 60.8 Å². The predicted octanol–water partition coefficient (Wildman–Crippen LogP) is 11.1. The van der Waals surface area contributed by atoms with Crippen LogP contribution in [0, 0.1) is 32.1 Å². The maximum absolute atomic E-state index is 12.4. The second-order valence-corrected chi connectivity index (χ2v) is 19.7. The number of carbonyl (C=O) groups is 3. The maximum Gasteiger partial charge on any atom is 0.422 e. The lowest BCUT2D eigenvalue weighted by Crippen LogP contribution is -2.19. The van der Waals surface area contributed by atoms with Crippen molar-refractivity contribution >= 4 is 35.2 Å². The summed E-state index contributed by atoms with van der Waals surface area (Å²) in [5, 5.41) is 30.7. The highest BCUT2D eigenvalue weighted by molar-refractivity contribution is 6.04. The molecular weight excluding hydrogens is 1180 g/mol. The predicted molar refractivity (Wildman–Crippen MR) is 332 cm³/mol. The van der Waals surface area contributed by atoms with E-state index in [1.165, 1.54) is 30.6 Å². The number of halogens is 3. The molecule has 12 heterocycles. The Morgan fingerprint density at radius 3 is 1.12 bits per heavy atom. The number of nitrogens with one attached hydrogen (secondary N) is 3. The van der Waals surface area contributed by atoms with Crippen LogP contribution in [-0.2, 0) is 0 Å². The summed E-state index contributed by atoms with van der Waals surface area (Å²) >= 11 is 0. The number of nitriles is 1. The quantitative estimate of drug-likeness (QED) is 0.0809. The maximum atomic E-state index is 12.4. The second-order valence-electron chi connectivity index (χ2n) is 19.7. The van der Waals surface area contributed by atoms with E-state index in [1.807, 2.05) is 100 Å². The Morgan fingerprint density at radius 1 is 0.467 bits per heavy atom. The number of anilines is 3. The lowest BCUT2D eigenvalue weighted by Gasteiger charge is -2.09. The Labute approximate surface area is 522 Å². The molecule has 0 saturated carbocycles. The zero-order valence-electron chi connectivity index (χ0n) is 49.3. The van der Waals surface area contributed by atoms with Crippen LogP contribution in [0.4, 0.5) is 30.6 Å². The molecule has 0 saturated heterocycles. The number of nitrogens with zero attached hydrogens (tertiary/aromatic N) is 16. The molecule has 12 aromatic heterocycles.